The number of carbonyl (C=O) groups excluding carboxylic acids is 1. The molecular weight excluding hydrogens is 322 g/mol. The van der Waals surface area contributed by atoms with Gasteiger partial charge in [-0.05, 0) is 25.5 Å². The molecule has 1 atom stereocenters. The van der Waals surface area contributed by atoms with E-state index < -0.39 is 22.0 Å². The van der Waals surface area contributed by atoms with E-state index in [4.69, 9.17) is 14.2 Å². The van der Waals surface area contributed by atoms with Crippen LogP contribution in [0.5, 0.6) is 11.5 Å². The number of hydrogen-bond acceptors (Lipinski definition) is 6. The highest BCUT2D eigenvalue weighted by atomic mass is 32.2. The average molecular weight is 343 g/mol. The summed E-state index contributed by atoms with van der Waals surface area (Å²) in [5.74, 6) is 0.171. The first-order valence-electron chi connectivity index (χ1n) is 7.55. The van der Waals surface area contributed by atoms with Crippen molar-refractivity contribution in [2.24, 2.45) is 0 Å². The minimum absolute atomic E-state index is 0.0542. The standard InChI is InChI=1S/C15H21NO6S/c1-3-12(20-4-2)15(17)16-23(18,19)11-6-7-13-14(10-11)22-9-5-8-21-13/h6-7,10,12H,3-5,8-9H2,1-2H3,(H,16,17). The van der Waals surface area contributed by atoms with E-state index in [0.29, 0.717) is 37.7 Å². The summed E-state index contributed by atoms with van der Waals surface area (Å²) >= 11 is 0. The Morgan fingerprint density at radius 2 is 1.96 bits per heavy atom. The van der Waals surface area contributed by atoms with Gasteiger partial charge in [0.05, 0.1) is 18.1 Å². The van der Waals surface area contributed by atoms with Crippen LogP contribution in [0.3, 0.4) is 0 Å². The largest absolute Gasteiger partial charge is 0.490 e. The van der Waals surface area contributed by atoms with Crippen LogP contribution in [0.1, 0.15) is 26.7 Å². The Balaban J connectivity index is 2.19. The number of fused-ring (bicyclic) bond motifs is 1. The maximum atomic E-state index is 12.4. The van der Waals surface area contributed by atoms with Crippen LogP contribution in [0.4, 0.5) is 0 Å². The second kappa shape index (κ2) is 7.65. The molecule has 128 valence electrons. The molecule has 0 saturated carbocycles. The zero-order chi connectivity index (χ0) is 16.9. The molecule has 0 fully saturated rings. The van der Waals surface area contributed by atoms with Gasteiger partial charge in [-0.2, -0.15) is 0 Å². The van der Waals surface area contributed by atoms with E-state index in [0.717, 1.165) is 6.42 Å². The molecule has 1 heterocycles. The van der Waals surface area contributed by atoms with Crippen LogP contribution in [0.2, 0.25) is 0 Å². The van der Waals surface area contributed by atoms with Crippen LogP contribution in [0.15, 0.2) is 23.1 Å². The second-order valence-corrected chi connectivity index (χ2v) is 6.66. The zero-order valence-corrected chi connectivity index (χ0v) is 14.0. The molecule has 0 aromatic heterocycles. The van der Waals surface area contributed by atoms with Gasteiger partial charge < -0.3 is 14.2 Å². The van der Waals surface area contributed by atoms with Crippen LogP contribution >= 0.6 is 0 Å². The fraction of sp³-hybridized carbons (Fsp3) is 0.533. The molecule has 0 bridgehead atoms. The summed E-state index contributed by atoms with van der Waals surface area (Å²) in [5, 5.41) is 0. The van der Waals surface area contributed by atoms with Gasteiger partial charge in [0.25, 0.3) is 15.9 Å². The monoisotopic (exact) mass is 343 g/mol. The normalized spacial score (nSPS) is 15.6. The van der Waals surface area contributed by atoms with Crippen molar-refractivity contribution in [3.05, 3.63) is 18.2 Å². The van der Waals surface area contributed by atoms with Gasteiger partial charge in [0.1, 0.15) is 6.10 Å². The SMILES string of the molecule is CCOC(CC)C(=O)NS(=O)(=O)c1ccc2c(c1)OCCCO2. The Morgan fingerprint density at radius 1 is 1.26 bits per heavy atom. The number of ether oxygens (including phenoxy) is 3. The van der Waals surface area contributed by atoms with Gasteiger partial charge in [0, 0.05) is 19.1 Å². The van der Waals surface area contributed by atoms with Crippen LogP contribution in [-0.2, 0) is 19.6 Å². The molecule has 2 rings (SSSR count). The third kappa shape index (κ3) is 4.35. The lowest BCUT2D eigenvalue weighted by molar-refractivity contribution is -0.130. The molecule has 8 heteroatoms. The molecule has 23 heavy (non-hydrogen) atoms. The van der Waals surface area contributed by atoms with Crippen molar-refractivity contribution in [1.82, 2.24) is 4.72 Å². The first-order valence-corrected chi connectivity index (χ1v) is 9.04. The molecule has 0 spiro atoms. The maximum Gasteiger partial charge on any atom is 0.264 e. The zero-order valence-electron chi connectivity index (χ0n) is 13.2. The molecule has 1 N–H and O–H groups in total. The number of amides is 1. The fourth-order valence-electron chi connectivity index (χ4n) is 2.15. The second-order valence-electron chi connectivity index (χ2n) is 4.98. The van der Waals surface area contributed by atoms with Crippen LogP contribution < -0.4 is 14.2 Å². The molecule has 1 aliphatic rings. The summed E-state index contributed by atoms with van der Waals surface area (Å²) < 4.78 is 42.9. The predicted molar refractivity (Wildman–Crippen MR) is 83.1 cm³/mol. The number of benzene rings is 1. The van der Waals surface area contributed by atoms with E-state index in [2.05, 4.69) is 0 Å². The third-order valence-corrected chi connectivity index (χ3v) is 4.64. The van der Waals surface area contributed by atoms with Gasteiger partial charge in [-0.25, -0.2) is 13.1 Å². The fourth-order valence-corrected chi connectivity index (χ4v) is 3.17. The van der Waals surface area contributed by atoms with Gasteiger partial charge in [-0.3, -0.25) is 4.79 Å². The molecule has 1 aromatic rings. The number of carbonyl (C=O) groups is 1. The number of hydrogen-bond donors (Lipinski definition) is 1. The highest BCUT2D eigenvalue weighted by Gasteiger charge is 2.25. The number of rotatable bonds is 6. The first-order chi connectivity index (χ1) is 11.0. The molecular formula is C15H21NO6S. The van der Waals surface area contributed by atoms with Crippen molar-refractivity contribution in [3.8, 4) is 11.5 Å². The maximum absolute atomic E-state index is 12.4. The van der Waals surface area contributed by atoms with Gasteiger partial charge in [0.2, 0.25) is 0 Å². The Kier molecular flexibility index (Phi) is 5.84. The first kappa shape index (κ1) is 17.6. The van der Waals surface area contributed by atoms with Crippen molar-refractivity contribution >= 4 is 15.9 Å². The third-order valence-electron chi connectivity index (χ3n) is 3.30. The molecule has 1 aromatic carbocycles. The lowest BCUT2D eigenvalue weighted by Gasteiger charge is -2.15. The van der Waals surface area contributed by atoms with E-state index in [1.165, 1.54) is 18.2 Å². The highest BCUT2D eigenvalue weighted by Crippen LogP contribution is 2.31. The highest BCUT2D eigenvalue weighted by molar-refractivity contribution is 7.90. The van der Waals surface area contributed by atoms with Gasteiger partial charge in [0.15, 0.2) is 11.5 Å². The summed E-state index contributed by atoms with van der Waals surface area (Å²) in [6.07, 6.45) is 0.311. The van der Waals surface area contributed by atoms with Crippen molar-refractivity contribution in [2.45, 2.75) is 37.7 Å². The lowest BCUT2D eigenvalue weighted by atomic mass is 10.3. The van der Waals surface area contributed by atoms with Crippen molar-refractivity contribution in [1.29, 1.82) is 0 Å². The molecule has 0 radical (unpaired) electrons. The van der Waals surface area contributed by atoms with Crippen LogP contribution in [0, 0.1) is 0 Å². The van der Waals surface area contributed by atoms with E-state index >= 15 is 0 Å². The van der Waals surface area contributed by atoms with E-state index in [-0.39, 0.29) is 4.90 Å². The topological polar surface area (TPSA) is 90.9 Å². The van der Waals surface area contributed by atoms with Crippen LogP contribution in [-0.4, -0.2) is 40.2 Å². The van der Waals surface area contributed by atoms with Crippen molar-refractivity contribution in [3.63, 3.8) is 0 Å². The Bertz CT molecular complexity index is 658. The van der Waals surface area contributed by atoms with E-state index in [1.807, 2.05) is 4.72 Å². The molecule has 7 nitrogen and oxygen atoms in total. The van der Waals surface area contributed by atoms with E-state index in [9.17, 15) is 13.2 Å². The number of nitrogens with one attached hydrogen (secondary N) is 1. The minimum atomic E-state index is -3.99. The summed E-state index contributed by atoms with van der Waals surface area (Å²) in [6, 6.07) is 4.27. The van der Waals surface area contributed by atoms with E-state index in [1.54, 1.807) is 13.8 Å². The van der Waals surface area contributed by atoms with Crippen molar-refractivity contribution in [2.75, 3.05) is 19.8 Å². The summed E-state index contributed by atoms with van der Waals surface area (Å²) in [4.78, 5) is 12.0. The minimum Gasteiger partial charge on any atom is -0.490 e. The Labute approximate surface area is 136 Å². The van der Waals surface area contributed by atoms with Gasteiger partial charge in [-0.1, -0.05) is 6.92 Å². The molecule has 0 aliphatic carbocycles. The summed E-state index contributed by atoms with van der Waals surface area (Å²) in [6.45, 7) is 4.79. The molecule has 0 saturated heterocycles. The molecule has 1 aliphatic heterocycles. The summed E-state index contributed by atoms with van der Waals surface area (Å²) in [5.41, 5.74) is 0. The quantitative estimate of drug-likeness (QED) is 0.841. The number of sulfonamides is 1. The lowest BCUT2D eigenvalue weighted by Crippen LogP contribution is -2.39. The molecule has 1 amide bonds. The molecule has 1 unspecified atom stereocenters. The smallest absolute Gasteiger partial charge is 0.264 e. The van der Waals surface area contributed by atoms with Gasteiger partial charge in [-0.15, -0.1) is 0 Å². The van der Waals surface area contributed by atoms with Crippen LogP contribution in [0.25, 0.3) is 0 Å². The van der Waals surface area contributed by atoms with Crippen molar-refractivity contribution < 1.29 is 27.4 Å². The average Bonchev–Trinajstić information content (AvgIpc) is 2.76. The predicted octanol–water partition coefficient (Wildman–Crippen LogP) is 1.47. The Morgan fingerprint density at radius 3 is 2.61 bits per heavy atom. The van der Waals surface area contributed by atoms with Gasteiger partial charge >= 0.3 is 0 Å². The Hall–Kier alpha value is -1.80. The summed E-state index contributed by atoms with van der Waals surface area (Å²) in [7, 11) is -3.99.